The van der Waals surface area contributed by atoms with Gasteiger partial charge in [-0.1, -0.05) is 12.1 Å². The smallest absolute Gasteiger partial charge is 0.269 e. The lowest BCUT2D eigenvalue weighted by Gasteiger charge is -2.19. The number of rotatable bonds is 5. The molecule has 0 saturated carbocycles. The lowest BCUT2D eigenvalue weighted by Crippen LogP contribution is -2.32. The predicted octanol–water partition coefficient (Wildman–Crippen LogP) is 2.80. The van der Waals surface area contributed by atoms with E-state index in [1.807, 2.05) is 4.90 Å². The van der Waals surface area contributed by atoms with Crippen molar-refractivity contribution in [2.24, 2.45) is 0 Å². The standard InChI is InChI=1S/C18H17N3O4/c1-12(22)15-4-2-3-5-16(15)19-18(23)11-20-9-8-13-10-14(21(24)25)6-7-17(13)20/h2-7,10H,8-9,11H2,1H3,(H,19,23). The van der Waals surface area contributed by atoms with Crippen LogP contribution in [0.2, 0.25) is 0 Å². The van der Waals surface area contributed by atoms with E-state index in [4.69, 9.17) is 0 Å². The van der Waals surface area contributed by atoms with Crippen molar-refractivity contribution in [3.8, 4) is 0 Å². The molecular formula is C18H17N3O4. The number of carbonyl (C=O) groups is 2. The van der Waals surface area contributed by atoms with Crippen molar-refractivity contribution in [1.82, 2.24) is 0 Å². The molecule has 3 rings (SSSR count). The summed E-state index contributed by atoms with van der Waals surface area (Å²) in [5.74, 6) is -0.352. The fourth-order valence-electron chi connectivity index (χ4n) is 3.00. The largest absolute Gasteiger partial charge is 0.362 e. The fourth-order valence-corrected chi connectivity index (χ4v) is 3.00. The number of Topliss-reactive ketones (excluding diaryl/α,β-unsaturated/α-hetero) is 1. The van der Waals surface area contributed by atoms with Crippen LogP contribution in [-0.4, -0.2) is 29.7 Å². The number of hydrogen-bond donors (Lipinski definition) is 1. The second kappa shape index (κ2) is 6.72. The summed E-state index contributed by atoms with van der Waals surface area (Å²) in [5.41, 5.74) is 2.71. The topological polar surface area (TPSA) is 92.6 Å². The minimum absolute atomic E-state index is 0.0560. The molecular weight excluding hydrogens is 322 g/mol. The lowest BCUT2D eigenvalue weighted by molar-refractivity contribution is -0.384. The maximum Gasteiger partial charge on any atom is 0.269 e. The summed E-state index contributed by atoms with van der Waals surface area (Å²) in [5, 5.41) is 13.6. The molecule has 0 unspecified atom stereocenters. The number of non-ortho nitro benzene ring substituents is 1. The number of ketones is 1. The van der Waals surface area contributed by atoms with E-state index in [-0.39, 0.29) is 23.9 Å². The Balaban J connectivity index is 1.72. The van der Waals surface area contributed by atoms with Gasteiger partial charge in [0, 0.05) is 29.9 Å². The average Bonchev–Trinajstić information content (AvgIpc) is 2.97. The molecule has 0 atom stereocenters. The molecule has 0 aliphatic carbocycles. The third-order valence-corrected chi connectivity index (χ3v) is 4.18. The molecule has 1 aliphatic rings. The summed E-state index contributed by atoms with van der Waals surface area (Å²) in [7, 11) is 0. The normalized spacial score (nSPS) is 12.6. The number of carbonyl (C=O) groups excluding carboxylic acids is 2. The molecule has 0 bridgehead atoms. The SMILES string of the molecule is CC(=O)c1ccccc1NC(=O)CN1CCc2cc([N+](=O)[O-])ccc21. The minimum Gasteiger partial charge on any atom is -0.362 e. The number of nitrogens with zero attached hydrogens (tertiary/aromatic N) is 2. The molecule has 7 nitrogen and oxygen atoms in total. The third kappa shape index (κ3) is 3.50. The average molecular weight is 339 g/mol. The quantitative estimate of drug-likeness (QED) is 0.514. The number of nitro benzene ring substituents is 1. The first-order chi connectivity index (χ1) is 12.0. The van der Waals surface area contributed by atoms with Crippen LogP contribution in [-0.2, 0) is 11.2 Å². The van der Waals surface area contributed by atoms with Gasteiger partial charge in [-0.2, -0.15) is 0 Å². The van der Waals surface area contributed by atoms with Crippen LogP contribution in [0.4, 0.5) is 17.1 Å². The highest BCUT2D eigenvalue weighted by molar-refractivity contribution is 6.04. The van der Waals surface area contributed by atoms with Crippen molar-refractivity contribution in [2.45, 2.75) is 13.3 Å². The first-order valence-electron chi connectivity index (χ1n) is 7.88. The lowest BCUT2D eigenvalue weighted by atomic mass is 10.1. The summed E-state index contributed by atoms with van der Waals surface area (Å²) in [6.07, 6.45) is 0.661. The Morgan fingerprint density at radius 3 is 2.72 bits per heavy atom. The Labute approximate surface area is 144 Å². The van der Waals surface area contributed by atoms with Gasteiger partial charge in [-0.05, 0) is 37.1 Å². The summed E-state index contributed by atoms with van der Waals surface area (Å²) in [4.78, 5) is 36.3. The zero-order chi connectivity index (χ0) is 18.0. The molecule has 2 aromatic carbocycles. The monoisotopic (exact) mass is 339 g/mol. The predicted molar refractivity (Wildman–Crippen MR) is 94.1 cm³/mol. The zero-order valence-corrected chi connectivity index (χ0v) is 13.7. The molecule has 0 aromatic heterocycles. The van der Waals surface area contributed by atoms with E-state index in [0.717, 1.165) is 11.3 Å². The van der Waals surface area contributed by atoms with Crippen LogP contribution in [0.15, 0.2) is 42.5 Å². The van der Waals surface area contributed by atoms with Gasteiger partial charge in [-0.15, -0.1) is 0 Å². The van der Waals surface area contributed by atoms with E-state index in [1.54, 1.807) is 36.4 Å². The van der Waals surface area contributed by atoms with Crippen LogP contribution in [0.25, 0.3) is 0 Å². The summed E-state index contributed by atoms with van der Waals surface area (Å²) < 4.78 is 0. The van der Waals surface area contributed by atoms with Crippen LogP contribution < -0.4 is 10.2 Å². The summed E-state index contributed by atoms with van der Waals surface area (Å²) >= 11 is 0. The molecule has 0 saturated heterocycles. The Morgan fingerprint density at radius 2 is 2.00 bits per heavy atom. The first-order valence-corrected chi connectivity index (χ1v) is 7.88. The highest BCUT2D eigenvalue weighted by Gasteiger charge is 2.23. The number of nitro groups is 1. The van der Waals surface area contributed by atoms with Gasteiger partial charge in [-0.25, -0.2) is 0 Å². The van der Waals surface area contributed by atoms with E-state index in [2.05, 4.69) is 5.32 Å². The van der Waals surface area contributed by atoms with Crippen LogP contribution in [0, 0.1) is 10.1 Å². The maximum absolute atomic E-state index is 12.4. The molecule has 0 spiro atoms. The van der Waals surface area contributed by atoms with Gasteiger partial charge in [0.15, 0.2) is 5.78 Å². The van der Waals surface area contributed by atoms with E-state index in [1.165, 1.54) is 13.0 Å². The van der Waals surface area contributed by atoms with Crippen molar-refractivity contribution in [3.63, 3.8) is 0 Å². The van der Waals surface area contributed by atoms with Gasteiger partial charge in [0.25, 0.3) is 5.69 Å². The van der Waals surface area contributed by atoms with Crippen molar-refractivity contribution in [3.05, 3.63) is 63.7 Å². The van der Waals surface area contributed by atoms with E-state index in [9.17, 15) is 19.7 Å². The molecule has 1 aliphatic heterocycles. The zero-order valence-electron chi connectivity index (χ0n) is 13.7. The molecule has 128 valence electrons. The van der Waals surface area contributed by atoms with E-state index >= 15 is 0 Å². The molecule has 25 heavy (non-hydrogen) atoms. The minimum atomic E-state index is -0.422. The van der Waals surface area contributed by atoms with Gasteiger partial charge in [0.05, 0.1) is 17.2 Å². The molecule has 1 heterocycles. The molecule has 7 heteroatoms. The number of nitrogens with one attached hydrogen (secondary N) is 1. The Hall–Kier alpha value is -3.22. The van der Waals surface area contributed by atoms with E-state index < -0.39 is 4.92 Å². The van der Waals surface area contributed by atoms with Gasteiger partial charge in [0.2, 0.25) is 5.91 Å². The number of para-hydroxylation sites is 1. The summed E-state index contributed by atoms with van der Waals surface area (Å²) in [6, 6.07) is 11.5. The van der Waals surface area contributed by atoms with Crippen molar-refractivity contribution in [2.75, 3.05) is 23.3 Å². The highest BCUT2D eigenvalue weighted by atomic mass is 16.6. The third-order valence-electron chi connectivity index (χ3n) is 4.18. The van der Waals surface area contributed by atoms with E-state index in [0.29, 0.717) is 24.2 Å². The van der Waals surface area contributed by atoms with Gasteiger partial charge in [0.1, 0.15) is 0 Å². The van der Waals surface area contributed by atoms with Crippen LogP contribution in [0.3, 0.4) is 0 Å². The Morgan fingerprint density at radius 1 is 1.24 bits per heavy atom. The van der Waals surface area contributed by atoms with Crippen molar-refractivity contribution in [1.29, 1.82) is 0 Å². The molecule has 1 N–H and O–H groups in total. The number of amides is 1. The number of fused-ring (bicyclic) bond motifs is 1. The van der Waals surface area contributed by atoms with Crippen LogP contribution in [0.1, 0.15) is 22.8 Å². The first kappa shape index (κ1) is 16.6. The van der Waals surface area contributed by atoms with Gasteiger partial charge < -0.3 is 10.2 Å². The fraction of sp³-hybridized carbons (Fsp3) is 0.222. The Kier molecular flexibility index (Phi) is 4.47. The second-order valence-electron chi connectivity index (χ2n) is 5.89. The number of benzene rings is 2. The summed E-state index contributed by atoms with van der Waals surface area (Å²) in [6.45, 7) is 2.20. The number of anilines is 2. The molecule has 0 fully saturated rings. The van der Waals surface area contributed by atoms with Crippen LogP contribution >= 0.6 is 0 Å². The van der Waals surface area contributed by atoms with Crippen molar-refractivity contribution < 1.29 is 14.5 Å². The van der Waals surface area contributed by atoms with Gasteiger partial charge >= 0.3 is 0 Å². The maximum atomic E-state index is 12.4. The van der Waals surface area contributed by atoms with Crippen LogP contribution in [0.5, 0.6) is 0 Å². The molecule has 1 amide bonds. The molecule has 2 aromatic rings. The second-order valence-corrected chi connectivity index (χ2v) is 5.89. The number of hydrogen-bond acceptors (Lipinski definition) is 5. The highest BCUT2D eigenvalue weighted by Crippen LogP contribution is 2.31. The van der Waals surface area contributed by atoms with Gasteiger partial charge in [-0.3, -0.25) is 19.7 Å². The van der Waals surface area contributed by atoms with Crippen molar-refractivity contribution >= 4 is 28.8 Å². The molecule has 0 radical (unpaired) electrons. The Bertz CT molecular complexity index is 863.